The first-order valence-corrected chi connectivity index (χ1v) is 11.6. The molecular formula is C24H34N4O4. The summed E-state index contributed by atoms with van der Waals surface area (Å²) in [7, 11) is 1.64. The SMILES string of the molecule is CCOC(=O)c1cnn(-c2ccc(OC)cc2)c1CN1CCC(N2CCC(O)CC2)CC1. The molecule has 2 aromatic rings. The fourth-order valence-corrected chi connectivity index (χ4v) is 4.76. The van der Waals surface area contributed by atoms with Crippen molar-refractivity contribution in [3.8, 4) is 11.4 Å². The van der Waals surface area contributed by atoms with E-state index in [1.54, 1.807) is 13.3 Å². The van der Waals surface area contributed by atoms with Gasteiger partial charge < -0.3 is 19.5 Å². The Morgan fingerprint density at radius 2 is 1.78 bits per heavy atom. The number of likely N-dealkylation sites (tertiary alicyclic amines) is 2. The standard InChI is InChI=1S/C24H34N4O4/c1-3-32-24(30)22-16-25-28(19-4-6-21(31-2)7-5-19)23(22)17-26-12-8-18(9-13-26)27-14-10-20(29)11-15-27/h4-7,16,18,20,29H,3,8-15,17H2,1-2H3. The number of carbonyl (C=O) groups is 1. The first-order valence-electron chi connectivity index (χ1n) is 11.6. The third kappa shape index (κ3) is 5.14. The lowest BCUT2D eigenvalue weighted by molar-refractivity contribution is 0.0369. The molecule has 0 spiro atoms. The zero-order valence-corrected chi connectivity index (χ0v) is 19.1. The Kier molecular flexibility index (Phi) is 7.44. The van der Waals surface area contributed by atoms with Crippen molar-refractivity contribution in [1.29, 1.82) is 0 Å². The van der Waals surface area contributed by atoms with Crippen molar-refractivity contribution in [2.45, 2.75) is 51.3 Å². The topological polar surface area (TPSA) is 80.1 Å². The van der Waals surface area contributed by atoms with Crippen LogP contribution in [0, 0.1) is 0 Å². The molecule has 4 rings (SSSR count). The number of ether oxygens (including phenoxy) is 2. The lowest BCUT2D eigenvalue weighted by atomic mass is 9.98. The molecule has 2 saturated heterocycles. The van der Waals surface area contributed by atoms with Crippen molar-refractivity contribution in [2.75, 3.05) is 39.9 Å². The summed E-state index contributed by atoms with van der Waals surface area (Å²) in [6.07, 6.45) is 5.44. The minimum atomic E-state index is -0.330. The van der Waals surface area contributed by atoms with E-state index in [9.17, 15) is 9.90 Å². The van der Waals surface area contributed by atoms with Crippen molar-refractivity contribution in [3.05, 3.63) is 41.7 Å². The van der Waals surface area contributed by atoms with Gasteiger partial charge in [0.1, 0.15) is 11.3 Å². The van der Waals surface area contributed by atoms with Gasteiger partial charge in [0.15, 0.2) is 0 Å². The summed E-state index contributed by atoms with van der Waals surface area (Å²) in [5.74, 6) is 0.449. The number of hydrogen-bond acceptors (Lipinski definition) is 7. The van der Waals surface area contributed by atoms with Crippen LogP contribution >= 0.6 is 0 Å². The van der Waals surface area contributed by atoms with Crippen molar-refractivity contribution in [3.63, 3.8) is 0 Å². The number of hydrogen-bond donors (Lipinski definition) is 1. The molecule has 32 heavy (non-hydrogen) atoms. The van der Waals surface area contributed by atoms with Crippen molar-refractivity contribution in [2.24, 2.45) is 0 Å². The van der Waals surface area contributed by atoms with Gasteiger partial charge in [-0.3, -0.25) is 4.90 Å². The Bertz CT molecular complexity index is 882. The molecule has 174 valence electrons. The second kappa shape index (κ2) is 10.5. The highest BCUT2D eigenvalue weighted by Gasteiger charge is 2.29. The fourth-order valence-electron chi connectivity index (χ4n) is 4.76. The highest BCUT2D eigenvalue weighted by molar-refractivity contribution is 5.90. The Morgan fingerprint density at radius 1 is 1.09 bits per heavy atom. The van der Waals surface area contributed by atoms with Crippen LogP contribution < -0.4 is 4.74 Å². The predicted octanol–water partition coefficient (Wildman–Crippen LogP) is 2.48. The summed E-state index contributed by atoms with van der Waals surface area (Å²) in [4.78, 5) is 17.5. The highest BCUT2D eigenvalue weighted by Crippen LogP contribution is 2.25. The second-order valence-electron chi connectivity index (χ2n) is 8.61. The average molecular weight is 443 g/mol. The molecule has 0 saturated carbocycles. The fraction of sp³-hybridized carbons (Fsp3) is 0.583. The Balaban J connectivity index is 1.48. The normalized spacial score (nSPS) is 19.2. The smallest absolute Gasteiger partial charge is 0.341 e. The van der Waals surface area contributed by atoms with Gasteiger partial charge in [0.2, 0.25) is 0 Å². The Labute approximate surface area is 189 Å². The molecule has 0 amide bonds. The van der Waals surface area contributed by atoms with Crippen LogP contribution in [-0.2, 0) is 11.3 Å². The average Bonchev–Trinajstić information content (AvgIpc) is 3.24. The van der Waals surface area contributed by atoms with E-state index in [4.69, 9.17) is 9.47 Å². The number of aromatic nitrogens is 2. The third-order valence-corrected chi connectivity index (χ3v) is 6.63. The number of esters is 1. The monoisotopic (exact) mass is 442 g/mol. The lowest BCUT2D eigenvalue weighted by Gasteiger charge is -2.41. The van der Waals surface area contributed by atoms with Crippen molar-refractivity contribution >= 4 is 5.97 Å². The molecule has 0 unspecified atom stereocenters. The van der Waals surface area contributed by atoms with Gasteiger partial charge in [-0.15, -0.1) is 0 Å². The van der Waals surface area contributed by atoms with Crippen molar-refractivity contribution < 1.29 is 19.4 Å². The zero-order chi connectivity index (χ0) is 22.5. The van der Waals surface area contributed by atoms with Crippen LogP contribution in [0.5, 0.6) is 5.75 Å². The Morgan fingerprint density at radius 3 is 2.41 bits per heavy atom. The number of methoxy groups -OCH3 is 1. The van der Waals surface area contributed by atoms with E-state index in [0.29, 0.717) is 24.8 Å². The molecule has 1 N–H and O–H groups in total. The largest absolute Gasteiger partial charge is 0.497 e. The number of nitrogens with zero attached hydrogens (tertiary/aromatic N) is 4. The molecule has 2 fully saturated rings. The number of aliphatic hydroxyl groups is 1. The van der Waals surface area contributed by atoms with E-state index in [0.717, 1.165) is 69.0 Å². The van der Waals surface area contributed by atoms with E-state index in [1.807, 2.05) is 35.9 Å². The van der Waals surface area contributed by atoms with Crippen LogP contribution in [0.15, 0.2) is 30.5 Å². The van der Waals surface area contributed by atoms with E-state index >= 15 is 0 Å². The van der Waals surface area contributed by atoms with Crippen LogP contribution in [0.25, 0.3) is 5.69 Å². The summed E-state index contributed by atoms with van der Waals surface area (Å²) in [5.41, 5.74) is 2.26. The molecule has 1 aromatic heterocycles. The molecule has 0 bridgehead atoms. The Hall–Kier alpha value is -2.42. The second-order valence-corrected chi connectivity index (χ2v) is 8.61. The molecule has 0 aliphatic carbocycles. The number of rotatable bonds is 7. The van der Waals surface area contributed by atoms with Gasteiger partial charge in [0.25, 0.3) is 0 Å². The molecule has 0 radical (unpaired) electrons. The van der Waals surface area contributed by atoms with Gasteiger partial charge in [-0.1, -0.05) is 0 Å². The maximum absolute atomic E-state index is 12.6. The summed E-state index contributed by atoms with van der Waals surface area (Å²) in [6.45, 7) is 6.72. The number of piperidine rings is 2. The van der Waals surface area contributed by atoms with Crippen molar-refractivity contribution in [1.82, 2.24) is 19.6 Å². The molecule has 2 aliphatic heterocycles. The van der Waals surface area contributed by atoms with E-state index in [2.05, 4.69) is 14.9 Å². The van der Waals surface area contributed by atoms with Crippen LogP contribution in [-0.4, -0.2) is 82.7 Å². The van der Waals surface area contributed by atoms with Crippen LogP contribution in [0.1, 0.15) is 48.7 Å². The summed E-state index contributed by atoms with van der Waals surface area (Å²) < 4.78 is 12.4. The van der Waals surface area contributed by atoms with Gasteiger partial charge in [-0.25, -0.2) is 9.48 Å². The molecule has 0 atom stereocenters. The summed E-state index contributed by atoms with van der Waals surface area (Å²) >= 11 is 0. The van der Waals surface area contributed by atoms with Gasteiger partial charge in [0, 0.05) is 38.8 Å². The van der Waals surface area contributed by atoms with Crippen LogP contribution in [0.2, 0.25) is 0 Å². The van der Waals surface area contributed by atoms with E-state index in [-0.39, 0.29) is 12.1 Å². The number of aliphatic hydroxyl groups excluding tert-OH is 1. The molecular weight excluding hydrogens is 408 g/mol. The minimum Gasteiger partial charge on any atom is -0.497 e. The molecule has 1 aromatic carbocycles. The predicted molar refractivity (Wildman–Crippen MR) is 121 cm³/mol. The quantitative estimate of drug-likeness (QED) is 0.660. The van der Waals surface area contributed by atoms with Crippen LogP contribution in [0.3, 0.4) is 0 Å². The summed E-state index contributed by atoms with van der Waals surface area (Å²) in [5, 5.41) is 14.3. The highest BCUT2D eigenvalue weighted by atomic mass is 16.5. The third-order valence-electron chi connectivity index (χ3n) is 6.63. The van der Waals surface area contributed by atoms with Gasteiger partial charge >= 0.3 is 5.97 Å². The van der Waals surface area contributed by atoms with Crippen LogP contribution in [0.4, 0.5) is 0 Å². The van der Waals surface area contributed by atoms with Gasteiger partial charge in [-0.05, 0) is 56.9 Å². The number of benzene rings is 1. The maximum atomic E-state index is 12.6. The first kappa shape index (κ1) is 22.8. The van der Waals surface area contributed by atoms with E-state index in [1.165, 1.54) is 0 Å². The molecule has 8 nitrogen and oxygen atoms in total. The molecule has 3 heterocycles. The zero-order valence-electron chi connectivity index (χ0n) is 19.1. The maximum Gasteiger partial charge on any atom is 0.341 e. The number of carbonyl (C=O) groups excluding carboxylic acids is 1. The molecule has 2 aliphatic rings. The first-order chi connectivity index (χ1) is 15.6. The van der Waals surface area contributed by atoms with E-state index < -0.39 is 0 Å². The van der Waals surface area contributed by atoms with Gasteiger partial charge in [0.05, 0.1) is 37.4 Å². The minimum absolute atomic E-state index is 0.133. The molecule has 8 heteroatoms. The lowest BCUT2D eigenvalue weighted by Crippen LogP contribution is -2.48. The summed E-state index contributed by atoms with van der Waals surface area (Å²) in [6, 6.07) is 8.26. The van der Waals surface area contributed by atoms with Gasteiger partial charge in [-0.2, -0.15) is 5.10 Å².